The fraction of sp³-hybridized carbons (Fsp3) is 0.250. The van der Waals surface area contributed by atoms with Gasteiger partial charge in [0.25, 0.3) is 5.91 Å². The molecule has 0 fully saturated rings. The second-order valence-corrected chi connectivity index (χ2v) is 6.10. The molecule has 0 atom stereocenters. The summed E-state index contributed by atoms with van der Waals surface area (Å²) in [5.74, 6) is -1.59. The second-order valence-electron chi connectivity index (χ2n) is 5.67. The van der Waals surface area contributed by atoms with Crippen LogP contribution in [0.3, 0.4) is 0 Å². The predicted molar refractivity (Wildman–Crippen MR) is 85.8 cm³/mol. The van der Waals surface area contributed by atoms with Crippen molar-refractivity contribution in [3.8, 4) is 0 Å². The average molecular weight is 334 g/mol. The van der Waals surface area contributed by atoms with Gasteiger partial charge in [-0.1, -0.05) is 37.6 Å². The number of carboxylic acid groups (broad SMARTS) is 1. The number of amides is 1. The molecular weight excluding hydrogens is 318 g/mol. The Labute approximate surface area is 138 Å². The van der Waals surface area contributed by atoms with Crippen molar-refractivity contribution >= 4 is 23.5 Å². The molecule has 0 aliphatic carbocycles. The Morgan fingerprint density at radius 2 is 1.70 bits per heavy atom. The molecule has 120 valence electrons. The van der Waals surface area contributed by atoms with E-state index in [-0.39, 0.29) is 16.8 Å². The van der Waals surface area contributed by atoms with Crippen molar-refractivity contribution in [3.63, 3.8) is 0 Å². The second kappa shape index (κ2) is 6.75. The van der Waals surface area contributed by atoms with E-state index in [4.69, 9.17) is 16.7 Å². The zero-order valence-electron chi connectivity index (χ0n) is 12.7. The van der Waals surface area contributed by atoms with E-state index in [0.29, 0.717) is 11.6 Å². The predicted octanol–water partition coefficient (Wildman–Crippen LogP) is 2.54. The Bertz CT molecular complexity index is 712. The van der Waals surface area contributed by atoms with E-state index in [1.54, 1.807) is 12.1 Å². The number of benzene rings is 1. The van der Waals surface area contributed by atoms with Gasteiger partial charge >= 0.3 is 5.97 Å². The Balaban J connectivity index is 2.02. The molecule has 2 aromatic rings. The number of halogens is 1. The lowest BCUT2D eigenvalue weighted by atomic mass is 9.84. The summed E-state index contributed by atoms with van der Waals surface area (Å²) in [5, 5.41) is 12.2. The maximum absolute atomic E-state index is 12.1. The number of rotatable bonds is 5. The van der Waals surface area contributed by atoms with Crippen molar-refractivity contribution < 1.29 is 14.7 Å². The third kappa shape index (κ3) is 4.26. The van der Waals surface area contributed by atoms with Gasteiger partial charge in [-0.25, -0.2) is 14.8 Å². The number of carbonyl (C=O) groups is 2. The van der Waals surface area contributed by atoms with Crippen LogP contribution in [0.25, 0.3) is 0 Å². The van der Waals surface area contributed by atoms with E-state index in [1.807, 2.05) is 26.0 Å². The molecule has 1 aromatic heterocycles. The Morgan fingerprint density at radius 1 is 1.13 bits per heavy atom. The number of nitrogens with one attached hydrogen (secondary N) is 1. The number of aromatic carboxylic acids is 1. The molecule has 0 radical (unpaired) electrons. The third-order valence-corrected chi connectivity index (χ3v) is 3.67. The molecule has 0 saturated carbocycles. The van der Waals surface area contributed by atoms with Crippen LogP contribution in [0, 0.1) is 0 Å². The van der Waals surface area contributed by atoms with E-state index in [9.17, 15) is 9.59 Å². The zero-order chi connectivity index (χ0) is 17.0. The molecule has 0 saturated heterocycles. The van der Waals surface area contributed by atoms with Crippen LogP contribution in [0.15, 0.2) is 36.7 Å². The van der Waals surface area contributed by atoms with Gasteiger partial charge in [0.2, 0.25) is 0 Å². The standard InChI is InChI=1S/C16H16ClN3O3/c1-16(2,10-3-5-11(17)6-4-10)9-20-14(21)12-7-19-13(8-18-12)15(22)23/h3-8H,9H2,1-2H3,(H,20,21)(H,22,23). The molecule has 0 aliphatic rings. The van der Waals surface area contributed by atoms with Crippen LogP contribution in [0.4, 0.5) is 0 Å². The van der Waals surface area contributed by atoms with E-state index in [1.165, 1.54) is 0 Å². The maximum Gasteiger partial charge on any atom is 0.356 e. The summed E-state index contributed by atoms with van der Waals surface area (Å²) in [6.45, 7) is 4.38. The van der Waals surface area contributed by atoms with E-state index >= 15 is 0 Å². The first-order chi connectivity index (χ1) is 10.8. The number of carbonyl (C=O) groups excluding carboxylic acids is 1. The normalized spacial score (nSPS) is 11.1. The summed E-state index contributed by atoms with van der Waals surface area (Å²) in [6.07, 6.45) is 2.20. The lowest BCUT2D eigenvalue weighted by Crippen LogP contribution is -2.37. The van der Waals surface area contributed by atoms with Crippen molar-refractivity contribution in [1.29, 1.82) is 0 Å². The van der Waals surface area contributed by atoms with Gasteiger partial charge in [0.1, 0.15) is 5.69 Å². The van der Waals surface area contributed by atoms with Crippen LogP contribution >= 0.6 is 11.6 Å². The molecule has 1 amide bonds. The van der Waals surface area contributed by atoms with Gasteiger partial charge in [0, 0.05) is 17.0 Å². The minimum Gasteiger partial charge on any atom is -0.476 e. The molecule has 0 bridgehead atoms. The lowest BCUT2D eigenvalue weighted by Gasteiger charge is -2.25. The summed E-state index contributed by atoms with van der Waals surface area (Å²) in [6, 6.07) is 7.43. The van der Waals surface area contributed by atoms with Crippen LogP contribution in [0.2, 0.25) is 5.02 Å². The van der Waals surface area contributed by atoms with Crippen LogP contribution in [-0.2, 0) is 5.41 Å². The van der Waals surface area contributed by atoms with E-state index in [0.717, 1.165) is 18.0 Å². The van der Waals surface area contributed by atoms with Gasteiger partial charge in [-0.05, 0) is 17.7 Å². The number of hydrogen-bond donors (Lipinski definition) is 2. The summed E-state index contributed by atoms with van der Waals surface area (Å²) >= 11 is 5.88. The first kappa shape index (κ1) is 16.9. The summed E-state index contributed by atoms with van der Waals surface area (Å²) in [4.78, 5) is 30.3. The molecular formula is C16H16ClN3O3. The molecule has 6 nitrogen and oxygen atoms in total. The van der Waals surface area contributed by atoms with Gasteiger partial charge in [-0.3, -0.25) is 4.79 Å². The topological polar surface area (TPSA) is 92.2 Å². The highest BCUT2D eigenvalue weighted by Crippen LogP contribution is 2.23. The summed E-state index contributed by atoms with van der Waals surface area (Å²) in [5.41, 5.74) is 0.605. The Kier molecular flexibility index (Phi) is 4.95. The third-order valence-electron chi connectivity index (χ3n) is 3.42. The highest BCUT2D eigenvalue weighted by molar-refractivity contribution is 6.30. The molecule has 1 heterocycles. The largest absolute Gasteiger partial charge is 0.476 e. The van der Waals surface area contributed by atoms with Gasteiger partial charge < -0.3 is 10.4 Å². The first-order valence-corrected chi connectivity index (χ1v) is 7.27. The van der Waals surface area contributed by atoms with Crippen LogP contribution < -0.4 is 5.32 Å². The fourth-order valence-corrected chi connectivity index (χ4v) is 2.08. The molecule has 7 heteroatoms. The SMILES string of the molecule is CC(C)(CNC(=O)c1cnc(C(=O)O)cn1)c1ccc(Cl)cc1. The zero-order valence-corrected chi connectivity index (χ0v) is 13.5. The monoisotopic (exact) mass is 333 g/mol. The Morgan fingerprint density at radius 3 is 2.22 bits per heavy atom. The van der Waals surface area contributed by atoms with Crippen molar-refractivity contribution in [2.75, 3.05) is 6.54 Å². The highest BCUT2D eigenvalue weighted by Gasteiger charge is 2.22. The van der Waals surface area contributed by atoms with Crippen LogP contribution in [0.1, 0.15) is 40.4 Å². The molecule has 2 N–H and O–H groups in total. The Hall–Kier alpha value is -2.47. The lowest BCUT2D eigenvalue weighted by molar-refractivity contribution is 0.0689. The van der Waals surface area contributed by atoms with Crippen molar-refractivity contribution in [2.24, 2.45) is 0 Å². The van der Waals surface area contributed by atoms with Gasteiger partial charge in [-0.2, -0.15) is 0 Å². The minimum absolute atomic E-state index is 0.0712. The molecule has 23 heavy (non-hydrogen) atoms. The van der Waals surface area contributed by atoms with Crippen molar-refractivity contribution in [3.05, 3.63) is 58.6 Å². The highest BCUT2D eigenvalue weighted by atomic mass is 35.5. The van der Waals surface area contributed by atoms with Gasteiger partial charge in [0.15, 0.2) is 5.69 Å². The van der Waals surface area contributed by atoms with Crippen molar-refractivity contribution in [2.45, 2.75) is 19.3 Å². The fourth-order valence-electron chi connectivity index (χ4n) is 1.95. The minimum atomic E-state index is -1.19. The molecule has 2 rings (SSSR count). The van der Waals surface area contributed by atoms with Crippen molar-refractivity contribution in [1.82, 2.24) is 15.3 Å². The maximum atomic E-state index is 12.1. The van der Waals surface area contributed by atoms with Crippen LogP contribution in [0.5, 0.6) is 0 Å². The summed E-state index contributed by atoms with van der Waals surface area (Å²) in [7, 11) is 0. The van der Waals surface area contributed by atoms with Crippen LogP contribution in [-0.4, -0.2) is 33.5 Å². The average Bonchev–Trinajstić information content (AvgIpc) is 2.53. The van der Waals surface area contributed by atoms with E-state index < -0.39 is 11.9 Å². The number of hydrogen-bond acceptors (Lipinski definition) is 4. The molecule has 0 spiro atoms. The quantitative estimate of drug-likeness (QED) is 0.877. The molecule has 0 unspecified atom stereocenters. The molecule has 1 aromatic carbocycles. The van der Waals surface area contributed by atoms with Gasteiger partial charge in [0.05, 0.1) is 12.4 Å². The van der Waals surface area contributed by atoms with Gasteiger partial charge in [-0.15, -0.1) is 0 Å². The number of aromatic nitrogens is 2. The number of carboxylic acids is 1. The van der Waals surface area contributed by atoms with E-state index in [2.05, 4.69) is 15.3 Å². The smallest absolute Gasteiger partial charge is 0.356 e. The summed E-state index contributed by atoms with van der Waals surface area (Å²) < 4.78 is 0. The number of nitrogens with zero attached hydrogens (tertiary/aromatic N) is 2. The molecule has 0 aliphatic heterocycles. The first-order valence-electron chi connectivity index (χ1n) is 6.89.